The molecule has 1 atom stereocenters. The normalized spacial score (nSPS) is 11.8. The summed E-state index contributed by atoms with van der Waals surface area (Å²) in [5.41, 5.74) is 0. The van der Waals surface area contributed by atoms with E-state index in [1.54, 1.807) is 0 Å². The first-order chi connectivity index (χ1) is 24.0. The van der Waals surface area contributed by atoms with E-state index in [0.717, 1.165) is 64.2 Å². The van der Waals surface area contributed by atoms with Gasteiger partial charge in [0.15, 0.2) is 6.10 Å². The molecule has 0 bridgehead atoms. The quantitative estimate of drug-likeness (QED) is 0.0362. The second kappa shape index (κ2) is 39.2. The van der Waals surface area contributed by atoms with Gasteiger partial charge in [0.2, 0.25) is 0 Å². The molecule has 0 aromatic rings. The lowest BCUT2D eigenvalue weighted by molar-refractivity contribution is -0.167. The highest BCUT2D eigenvalue weighted by atomic mass is 16.6. The van der Waals surface area contributed by atoms with Gasteiger partial charge < -0.3 is 14.2 Å². The molecule has 0 rings (SSSR count). The summed E-state index contributed by atoms with van der Waals surface area (Å²) in [6.07, 6.45) is 38.2. The summed E-state index contributed by atoms with van der Waals surface area (Å²) >= 11 is 0. The van der Waals surface area contributed by atoms with Crippen LogP contribution in [0.2, 0.25) is 0 Å². The lowest BCUT2D eigenvalue weighted by atomic mass is 10.0. The van der Waals surface area contributed by atoms with Crippen LogP contribution in [0.3, 0.4) is 0 Å². The minimum Gasteiger partial charge on any atom is -0.462 e. The van der Waals surface area contributed by atoms with Crippen molar-refractivity contribution in [1.82, 2.24) is 0 Å². The van der Waals surface area contributed by atoms with Crippen LogP contribution in [0.5, 0.6) is 0 Å². The van der Waals surface area contributed by atoms with Crippen LogP contribution in [0.25, 0.3) is 0 Å². The number of unbranched alkanes of at least 4 members (excludes halogenated alkanes) is 28. The van der Waals surface area contributed by atoms with Crippen molar-refractivity contribution < 1.29 is 28.6 Å². The van der Waals surface area contributed by atoms with Crippen LogP contribution in [0.15, 0.2) is 0 Å². The second-order valence-electron chi connectivity index (χ2n) is 14.6. The Hall–Kier alpha value is -1.59. The Morgan fingerprint density at radius 1 is 0.327 bits per heavy atom. The van der Waals surface area contributed by atoms with Crippen LogP contribution in [0, 0.1) is 0 Å². The van der Waals surface area contributed by atoms with Gasteiger partial charge in [0.25, 0.3) is 0 Å². The van der Waals surface area contributed by atoms with Crippen LogP contribution in [0.1, 0.15) is 239 Å². The fourth-order valence-corrected chi connectivity index (χ4v) is 6.32. The molecule has 290 valence electrons. The largest absolute Gasteiger partial charge is 0.462 e. The molecule has 49 heavy (non-hydrogen) atoms. The van der Waals surface area contributed by atoms with Crippen LogP contribution in [-0.2, 0) is 28.6 Å². The molecule has 0 amide bonds. The molecule has 0 spiro atoms. The van der Waals surface area contributed by atoms with Crippen LogP contribution in [-0.4, -0.2) is 37.2 Å². The Morgan fingerprint density at radius 3 is 0.816 bits per heavy atom. The van der Waals surface area contributed by atoms with E-state index in [0.29, 0.717) is 19.3 Å². The number of rotatable bonds is 39. The second-order valence-corrected chi connectivity index (χ2v) is 14.6. The average molecular weight is 695 g/mol. The average Bonchev–Trinajstić information content (AvgIpc) is 3.09. The van der Waals surface area contributed by atoms with Crippen LogP contribution < -0.4 is 0 Å². The van der Waals surface area contributed by atoms with E-state index < -0.39 is 6.10 Å². The molecule has 0 fully saturated rings. The third kappa shape index (κ3) is 37.5. The van der Waals surface area contributed by atoms with E-state index in [4.69, 9.17) is 14.2 Å². The molecule has 0 radical (unpaired) electrons. The van der Waals surface area contributed by atoms with Gasteiger partial charge in [-0.2, -0.15) is 0 Å². The molecular formula is C43H82O6. The number of hydrogen-bond donors (Lipinski definition) is 0. The molecule has 6 heteroatoms. The Labute approximate surface area is 304 Å². The Kier molecular flexibility index (Phi) is 37.9. The van der Waals surface area contributed by atoms with Crippen molar-refractivity contribution in [2.75, 3.05) is 13.2 Å². The molecule has 0 saturated carbocycles. The molecule has 0 heterocycles. The maximum Gasteiger partial charge on any atom is 0.306 e. The summed E-state index contributed by atoms with van der Waals surface area (Å²) < 4.78 is 16.6. The summed E-state index contributed by atoms with van der Waals surface area (Å²) in [6.45, 7) is 6.56. The Morgan fingerprint density at radius 2 is 0.551 bits per heavy atom. The zero-order valence-corrected chi connectivity index (χ0v) is 33.0. The first kappa shape index (κ1) is 47.4. The number of ether oxygens (including phenoxy) is 3. The first-order valence-electron chi connectivity index (χ1n) is 21.5. The highest BCUT2D eigenvalue weighted by Gasteiger charge is 2.19. The minimum atomic E-state index is -0.755. The topological polar surface area (TPSA) is 78.9 Å². The van der Waals surface area contributed by atoms with E-state index in [2.05, 4.69) is 20.8 Å². The fraction of sp³-hybridized carbons (Fsp3) is 0.930. The summed E-state index contributed by atoms with van der Waals surface area (Å²) in [7, 11) is 0. The zero-order chi connectivity index (χ0) is 35.9. The van der Waals surface area contributed by atoms with Gasteiger partial charge in [-0.25, -0.2) is 0 Å². The minimum absolute atomic E-state index is 0.0641. The third-order valence-corrected chi connectivity index (χ3v) is 9.61. The number of hydrogen-bond acceptors (Lipinski definition) is 6. The number of carbonyl (C=O) groups excluding carboxylic acids is 3. The Bertz CT molecular complexity index is 723. The summed E-state index contributed by atoms with van der Waals surface area (Å²) in [4.78, 5) is 37.3. The van der Waals surface area contributed by atoms with Crippen molar-refractivity contribution in [3.63, 3.8) is 0 Å². The van der Waals surface area contributed by atoms with E-state index >= 15 is 0 Å². The van der Waals surface area contributed by atoms with Crippen molar-refractivity contribution in [3.05, 3.63) is 0 Å². The van der Waals surface area contributed by atoms with Gasteiger partial charge in [0.05, 0.1) is 0 Å². The standard InChI is InChI=1S/C43H82O6/c1-4-7-10-13-15-17-19-21-22-24-25-27-30-33-36-42(45)48-39-40(38-47-41(44)35-32-29-12-9-6-3)49-43(46)37-34-31-28-26-23-20-18-16-14-11-8-5-2/h40H,4-39H2,1-3H3. The summed E-state index contributed by atoms with van der Waals surface area (Å²) in [6, 6.07) is 0. The highest BCUT2D eigenvalue weighted by molar-refractivity contribution is 5.71. The highest BCUT2D eigenvalue weighted by Crippen LogP contribution is 2.15. The molecule has 1 unspecified atom stereocenters. The lowest BCUT2D eigenvalue weighted by Crippen LogP contribution is -2.30. The van der Waals surface area contributed by atoms with Gasteiger partial charge in [0.1, 0.15) is 13.2 Å². The van der Waals surface area contributed by atoms with E-state index in [1.807, 2.05) is 0 Å². The monoisotopic (exact) mass is 695 g/mol. The number of carbonyl (C=O) groups is 3. The molecule has 0 aliphatic heterocycles. The van der Waals surface area contributed by atoms with E-state index in [9.17, 15) is 14.4 Å². The molecular weight excluding hydrogens is 612 g/mol. The van der Waals surface area contributed by atoms with Gasteiger partial charge in [-0.1, -0.05) is 201 Å². The zero-order valence-electron chi connectivity index (χ0n) is 33.0. The molecule has 0 aliphatic carbocycles. The van der Waals surface area contributed by atoms with Crippen LogP contribution >= 0.6 is 0 Å². The van der Waals surface area contributed by atoms with Gasteiger partial charge in [0, 0.05) is 19.3 Å². The van der Waals surface area contributed by atoms with Crippen molar-refractivity contribution in [2.45, 2.75) is 245 Å². The molecule has 6 nitrogen and oxygen atoms in total. The van der Waals surface area contributed by atoms with E-state index in [-0.39, 0.29) is 31.1 Å². The van der Waals surface area contributed by atoms with Crippen molar-refractivity contribution in [3.8, 4) is 0 Å². The van der Waals surface area contributed by atoms with Crippen molar-refractivity contribution >= 4 is 17.9 Å². The summed E-state index contributed by atoms with van der Waals surface area (Å²) in [5.74, 6) is -0.869. The molecule has 0 N–H and O–H groups in total. The van der Waals surface area contributed by atoms with Gasteiger partial charge in [-0.05, 0) is 19.3 Å². The molecule has 0 aromatic carbocycles. The third-order valence-electron chi connectivity index (χ3n) is 9.61. The Balaban J connectivity index is 4.20. The van der Waals surface area contributed by atoms with Gasteiger partial charge in [-0.15, -0.1) is 0 Å². The predicted octanol–water partition coefficient (Wildman–Crippen LogP) is 13.3. The van der Waals surface area contributed by atoms with Crippen molar-refractivity contribution in [2.24, 2.45) is 0 Å². The van der Waals surface area contributed by atoms with Gasteiger partial charge in [-0.3, -0.25) is 14.4 Å². The number of esters is 3. The molecule has 0 aromatic heterocycles. The SMILES string of the molecule is CCCCCCCCCCCCCCCCC(=O)OCC(COC(=O)CCCCCCC)OC(=O)CCCCCCCCCCCCCC. The first-order valence-corrected chi connectivity index (χ1v) is 21.5. The fourth-order valence-electron chi connectivity index (χ4n) is 6.32. The maximum atomic E-state index is 12.6. The molecule has 0 saturated heterocycles. The van der Waals surface area contributed by atoms with Crippen molar-refractivity contribution in [1.29, 1.82) is 0 Å². The smallest absolute Gasteiger partial charge is 0.306 e. The molecule has 0 aliphatic rings. The predicted molar refractivity (Wildman–Crippen MR) is 206 cm³/mol. The lowest BCUT2D eigenvalue weighted by Gasteiger charge is -2.18. The summed E-state index contributed by atoms with van der Waals surface area (Å²) in [5, 5.41) is 0. The van der Waals surface area contributed by atoms with Crippen LogP contribution in [0.4, 0.5) is 0 Å². The maximum absolute atomic E-state index is 12.6. The van der Waals surface area contributed by atoms with E-state index in [1.165, 1.54) is 135 Å². The van der Waals surface area contributed by atoms with Gasteiger partial charge >= 0.3 is 17.9 Å².